The van der Waals surface area contributed by atoms with Gasteiger partial charge >= 0.3 is 0 Å². The predicted octanol–water partition coefficient (Wildman–Crippen LogP) is 3.02. The van der Waals surface area contributed by atoms with Crippen molar-refractivity contribution in [3.05, 3.63) is 23.7 Å². The number of nitrogens with one attached hydrogen (secondary N) is 1. The minimum atomic E-state index is 0.109. The molecule has 0 radical (unpaired) electrons. The van der Waals surface area contributed by atoms with E-state index in [-0.39, 0.29) is 5.54 Å². The van der Waals surface area contributed by atoms with Crippen LogP contribution in [0, 0.1) is 0 Å². The predicted molar refractivity (Wildman–Crippen MR) is 82.7 cm³/mol. The summed E-state index contributed by atoms with van der Waals surface area (Å²) in [5, 5.41) is 3.42. The fourth-order valence-corrected chi connectivity index (χ4v) is 1.74. The third-order valence-electron chi connectivity index (χ3n) is 2.86. The van der Waals surface area contributed by atoms with Gasteiger partial charge in [0.1, 0.15) is 11.5 Å². The van der Waals surface area contributed by atoms with Crippen LogP contribution >= 0.6 is 0 Å². The van der Waals surface area contributed by atoms with E-state index >= 15 is 0 Å². The lowest BCUT2D eigenvalue weighted by molar-refractivity contribution is 0.0616. The molecule has 4 nitrogen and oxygen atoms in total. The maximum absolute atomic E-state index is 5.83. The van der Waals surface area contributed by atoms with Gasteiger partial charge in [-0.1, -0.05) is 0 Å². The van der Waals surface area contributed by atoms with E-state index < -0.39 is 0 Å². The molecule has 0 aliphatic carbocycles. The lowest BCUT2D eigenvalue weighted by Crippen LogP contribution is -2.34. The second-order valence-electron chi connectivity index (χ2n) is 6.63. The second-order valence-corrected chi connectivity index (χ2v) is 6.63. The fourth-order valence-electron chi connectivity index (χ4n) is 1.74. The fraction of sp³-hybridized carbons (Fsp3) is 0.750. The first-order chi connectivity index (χ1) is 9.26. The number of furan rings is 1. The molecule has 1 aromatic rings. The molecule has 1 heterocycles. The molecule has 1 N–H and O–H groups in total. The number of rotatable bonds is 8. The molecule has 1 rings (SSSR count). The second kappa shape index (κ2) is 7.81. The van der Waals surface area contributed by atoms with Crippen molar-refractivity contribution in [1.29, 1.82) is 0 Å². The van der Waals surface area contributed by atoms with Gasteiger partial charge in [0.05, 0.1) is 25.8 Å². The van der Waals surface area contributed by atoms with Crippen LogP contribution < -0.4 is 5.32 Å². The van der Waals surface area contributed by atoms with E-state index in [9.17, 15) is 0 Å². The topological polar surface area (TPSA) is 37.6 Å². The average molecular weight is 282 g/mol. The molecule has 0 saturated heterocycles. The molecule has 116 valence electrons. The van der Waals surface area contributed by atoms with Gasteiger partial charge in [0, 0.05) is 12.1 Å². The molecule has 0 fully saturated rings. The van der Waals surface area contributed by atoms with Crippen LogP contribution in [0.15, 0.2) is 16.5 Å². The Morgan fingerprint density at radius 2 is 1.90 bits per heavy atom. The number of nitrogens with zero attached hydrogens (tertiary/aromatic N) is 1. The summed E-state index contributed by atoms with van der Waals surface area (Å²) in [6.07, 6.45) is 0.294. The number of likely N-dealkylation sites (N-methyl/N-ethyl adjacent to an activating group) is 1. The number of ether oxygens (including phenoxy) is 1. The maximum atomic E-state index is 5.83. The summed E-state index contributed by atoms with van der Waals surface area (Å²) < 4.78 is 11.4. The monoisotopic (exact) mass is 282 g/mol. The highest BCUT2D eigenvalue weighted by atomic mass is 16.5. The molecule has 0 amide bonds. The van der Waals surface area contributed by atoms with Crippen molar-refractivity contribution < 1.29 is 9.15 Å². The molecule has 0 atom stereocenters. The van der Waals surface area contributed by atoms with Gasteiger partial charge in [0.15, 0.2) is 0 Å². The molecule has 0 aromatic carbocycles. The third kappa shape index (κ3) is 7.68. The van der Waals surface area contributed by atoms with Gasteiger partial charge in [-0.2, -0.15) is 0 Å². The Labute approximate surface area is 123 Å². The van der Waals surface area contributed by atoms with Gasteiger partial charge in [-0.25, -0.2) is 0 Å². The minimum Gasteiger partial charge on any atom is -0.463 e. The van der Waals surface area contributed by atoms with E-state index in [1.807, 2.05) is 6.07 Å². The summed E-state index contributed by atoms with van der Waals surface area (Å²) in [4.78, 5) is 2.21. The van der Waals surface area contributed by atoms with Gasteiger partial charge < -0.3 is 14.5 Å². The highest BCUT2D eigenvalue weighted by molar-refractivity contribution is 5.07. The lowest BCUT2D eigenvalue weighted by Gasteiger charge is -2.19. The Balaban J connectivity index is 2.32. The van der Waals surface area contributed by atoms with Crippen LogP contribution in [0.25, 0.3) is 0 Å². The van der Waals surface area contributed by atoms with Crippen molar-refractivity contribution in [2.45, 2.75) is 59.4 Å². The minimum absolute atomic E-state index is 0.109. The smallest absolute Gasteiger partial charge is 0.118 e. The summed E-state index contributed by atoms with van der Waals surface area (Å²) >= 11 is 0. The number of hydrogen-bond donors (Lipinski definition) is 1. The van der Waals surface area contributed by atoms with Crippen molar-refractivity contribution in [3.8, 4) is 0 Å². The van der Waals surface area contributed by atoms with Crippen LogP contribution in [0.4, 0.5) is 0 Å². The first-order valence-corrected chi connectivity index (χ1v) is 7.39. The van der Waals surface area contributed by atoms with Crippen molar-refractivity contribution in [2.24, 2.45) is 0 Å². The van der Waals surface area contributed by atoms with Crippen LogP contribution in [0.5, 0.6) is 0 Å². The summed E-state index contributed by atoms with van der Waals surface area (Å²) in [7, 11) is 2.08. The van der Waals surface area contributed by atoms with Gasteiger partial charge in [-0.05, 0) is 53.8 Å². The Morgan fingerprint density at radius 3 is 2.50 bits per heavy atom. The van der Waals surface area contributed by atoms with Gasteiger partial charge in [-0.15, -0.1) is 0 Å². The van der Waals surface area contributed by atoms with Crippen molar-refractivity contribution in [2.75, 3.05) is 20.2 Å². The molecule has 0 unspecified atom stereocenters. The highest BCUT2D eigenvalue weighted by Crippen LogP contribution is 2.11. The standard InChI is InChI=1S/C16H30N2O2/c1-13(2)19-10-9-18(6)12-15-8-7-14(20-15)11-17-16(3,4)5/h7-8,13,17H,9-12H2,1-6H3. The Hall–Kier alpha value is -0.840. The van der Waals surface area contributed by atoms with Crippen molar-refractivity contribution in [1.82, 2.24) is 10.2 Å². The van der Waals surface area contributed by atoms with E-state index in [1.54, 1.807) is 0 Å². The molecule has 0 saturated carbocycles. The Morgan fingerprint density at radius 1 is 1.25 bits per heavy atom. The molecule has 1 aromatic heterocycles. The SMILES string of the molecule is CC(C)OCCN(C)Cc1ccc(CNC(C)(C)C)o1. The first-order valence-electron chi connectivity index (χ1n) is 7.39. The normalized spacial score (nSPS) is 12.6. The molecule has 4 heteroatoms. The van der Waals surface area contributed by atoms with Crippen molar-refractivity contribution in [3.63, 3.8) is 0 Å². The molecule has 0 bridgehead atoms. The number of hydrogen-bond acceptors (Lipinski definition) is 4. The van der Waals surface area contributed by atoms with Crippen molar-refractivity contribution >= 4 is 0 Å². The third-order valence-corrected chi connectivity index (χ3v) is 2.86. The zero-order chi connectivity index (χ0) is 15.2. The van der Waals surface area contributed by atoms with Crippen LogP contribution in [-0.4, -0.2) is 36.7 Å². The van der Waals surface area contributed by atoms with Gasteiger partial charge in [0.25, 0.3) is 0 Å². The molecule has 20 heavy (non-hydrogen) atoms. The average Bonchev–Trinajstić information content (AvgIpc) is 2.72. The molecule has 0 aliphatic heterocycles. The summed E-state index contributed by atoms with van der Waals surface area (Å²) in [5.41, 5.74) is 0.109. The zero-order valence-electron chi connectivity index (χ0n) is 13.8. The molecular weight excluding hydrogens is 252 g/mol. The van der Waals surface area contributed by atoms with E-state index in [2.05, 4.69) is 57.9 Å². The highest BCUT2D eigenvalue weighted by Gasteiger charge is 2.11. The van der Waals surface area contributed by atoms with E-state index in [0.29, 0.717) is 6.10 Å². The summed E-state index contributed by atoms with van der Waals surface area (Å²) in [5.74, 6) is 1.99. The molecule has 0 spiro atoms. The largest absolute Gasteiger partial charge is 0.463 e. The lowest BCUT2D eigenvalue weighted by atomic mass is 10.1. The zero-order valence-corrected chi connectivity index (χ0v) is 13.8. The van der Waals surface area contributed by atoms with Crippen LogP contribution in [-0.2, 0) is 17.8 Å². The van der Waals surface area contributed by atoms with E-state index in [1.165, 1.54) is 0 Å². The van der Waals surface area contributed by atoms with Crippen LogP contribution in [0.2, 0.25) is 0 Å². The van der Waals surface area contributed by atoms with Gasteiger partial charge in [-0.3, -0.25) is 4.90 Å². The summed E-state index contributed by atoms with van der Waals surface area (Å²) in [6.45, 7) is 13.8. The molecule has 0 aliphatic rings. The van der Waals surface area contributed by atoms with Gasteiger partial charge in [0.2, 0.25) is 0 Å². The van der Waals surface area contributed by atoms with Crippen LogP contribution in [0.1, 0.15) is 46.1 Å². The van der Waals surface area contributed by atoms with Crippen LogP contribution in [0.3, 0.4) is 0 Å². The Bertz CT molecular complexity index is 380. The summed E-state index contributed by atoms with van der Waals surface area (Å²) in [6, 6.07) is 4.10. The first kappa shape index (κ1) is 17.2. The maximum Gasteiger partial charge on any atom is 0.118 e. The quantitative estimate of drug-likeness (QED) is 0.795. The Kier molecular flexibility index (Phi) is 6.72. The molecular formula is C16H30N2O2. The van der Waals surface area contributed by atoms with E-state index in [0.717, 1.165) is 37.8 Å². The van der Waals surface area contributed by atoms with E-state index in [4.69, 9.17) is 9.15 Å².